The molecule has 4 aromatic rings. The number of aldehydes is 1. The second-order valence-corrected chi connectivity index (χ2v) is 8.13. The molecule has 3 aromatic heterocycles. The summed E-state index contributed by atoms with van der Waals surface area (Å²) in [7, 11) is 0. The number of nitrogens with one attached hydrogen (secondary N) is 1. The zero-order valence-electron chi connectivity index (χ0n) is 16.4. The first-order chi connectivity index (χ1) is 15.0. The van der Waals surface area contributed by atoms with E-state index in [0.717, 1.165) is 27.4 Å². The van der Waals surface area contributed by atoms with Crippen LogP contribution < -0.4 is 5.32 Å². The molecule has 0 saturated heterocycles. The topological polar surface area (TPSA) is 89.8 Å². The summed E-state index contributed by atoms with van der Waals surface area (Å²) in [5.41, 5.74) is 4.55. The molecule has 1 aromatic carbocycles. The van der Waals surface area contributed by atoms with Crippen molar-refractivity contribution < 1.29 is 14.0 Å². The summed E-state index contributed by atoms with van der Waals surface area (Å²) in [6.07, 6.45) is 5.41. The van der Waals surface area contributed by atoms with Crippen LogP contribution in [0.4, 0.5) is 9.52 Å². The van der Waals surface area contributed by atoms with Gasteiger partial charge in [-0.3, -0.25) is 14.6 Å². The van der Waals surface area contributed by atoms with E-state index in [1.54, 1.807) is 12.4 Å². The fourth-order valence-electron chi connectivity index (χ4n) is 3.75. The molecule has 0 bridgehead atoms. The number of halogens is 1. The van der Waals surface area contributed by atoms with E-state index in [0.29, 0.717) is 35.5 Å². The molecule has 0 saturated carbocycles. The molecule has 154 valence electrons. The number of anilines is 1. The summed E-state index contributed by atoms with van der Waals surface area (Å²) in [6, 6.07) is 7.90. The Kier molecular flexibility index (Phi) is 4.67. The van der Waals surface area contributed by atoms with E-state index in [-0.39, 0.29) is 11.6 Å². The number of rotatable bonds is 4. The maximum atomic E-state index is 14.9. The van der Waals surface area contributed by atoms with Crippen molar-refractivity contribution in [2.24, 2.45) is 0 Å². The molecule has 7 nitrogen and oxygen atoms in total. The molecule has 0 aliphatic heterocycles. The zero-order valence-corrected chi connectivity index (χ0v) is 17.2. The Morgan fingerprint density at radius 1 is 1.29 bits per heavy atom. The summed E-state index contributed by atoms with van der Waals surface area (Å²) < 4.78 is 16.4. The van der Waals surface area contributed by atoms with E-state index in [2.05, 4.69) is 15.3 Å². The van der Waals surface area contributed by atoms with Crippen molar-refractivity contribution >= 4 is 28.7 Å². The van der Waals surface area contributed by atoms with Gasteiger partial charge in [0, 0.05) is 36.0 Å². The first-order valence-corrected chi connectivity index (χ1v) is 10.4. The third-order valence-corrected chi connectivity index (χ3v) is 6.08. The van der Waals surface area contributed by atoms with Crippen molar-refractivity contribution in [2.45, 2.75) is 19.8 Å². The van der Waals surface area contributed by atoms with Gasteiger partial charge in [0.1, 0.15) is 17.8 Å². The smallest absolute Gasteiger partial charge is 0.223 e. The quantitative estimate of drug-likeness (QED) is 0.490. The van der Waals surface area contributed by atoms with Gasteiger partial charge in [0.25, 0.3) is 0 Å². The summed E-state index contributed by atoms with van der Waals surface area (Å²) in [5, 5.41) is 7.97. The number of aromatic nitrogens is 4. The number of nitrogens with zero attached hydrogens (tertiary/aromatic N) is 4. The highest BCUT2D eigenvalue weighted by Crippen LogP contribution is 2.44. The Labute approximate surface area is 180 Å². The highest BCUT2D eigenvalue weighted by molar-refractivity contribution is 7.19. The lowest BCUT2D eigenvalue weighted by atomic mass is 9.95. The minimum atomic E-state index is -0.493. The predicted molar refractivity (Wildman–Crippen MR) is 115 cm³/mol. The Bertz CT molecular complexity index is 1330. The van der Waals surface area contributed by atoms with Crippen LogP contribution in [0.5, 0.6) is 0 Å². The van der Waals surface area contributed by atoms with Crippen LogP contribution in [-0.4, -0.2) is 31.9 Å². The van der Waals surface area contributed by atoms with Gasteiger partial charge in [-0.15, -0.1) is 0 Å². The van der Waals surface area contributed by atoms with E-state index < -0.39 is 5.82 Å². The number of aryl methyl sites for hydroxylation is 1. The third-order valence-electron chi connectivity index (χ3n) is 5.06. The molecule has 0 spiro atoms. The van der Waals surface area contributed by atoms with Gasteiger partial charge in [-0.25, -0.2) is 14.1 Å². The Morgan fingerprint density at radius 3 is 2.90 bits per heavy atom. The van der Waals surface area contributed by atoms with Gasteiger partial charge < -0.3 is 5.32 Å². The first kappa shape index (κ1) is 19.3. The number of hydrogen-bond acceptors (Lipinski definition) is 6. The number of carbonyl (C=O) groups excluding carboxylic acids is 2. The summed E-state index contributed by atoms with van der Waals surface area (Å²) in [6.45, 7) is 1.43. The molecule has 0 unspecified atom stereocenters. The van der Waals surface area contributed by atoms with Crippen molar-refractivity contribution in [3.63, 3.8) is 0 Å². The van der Waals surface area contributed by atoms with Gasteiger partial charge in [-0.05, 0) is 43.2 Å². The van der Waals surface area contributed by atoms with Crippen LogP contribution >= 0.6 is 11.3 Å². The molecule has 1 aliphatic carbocycles. The van der Waals surface area contributed by atoms with Gasteiger partial charge in [0.05, 0.1) is 22.0 Å². The van der Waals surface area contributed by atoms with E-state index in [4.69, 9.17) is 5.10 Å². The number of pyridine rings is 1. The number of amides is 1. The molecule has 9 heteroatoms. The zero-order chi connectivity index (χ0) is 21.5. The lowest BCUT2D eigenvalue weighted by molar-refractivity contribution is -0.114. The molecule has 1 amide bonds. The standard InChI is InChI=1S/C22H16FN5O2S/c1-12(30)25-22-26-17-7-5-15-19(14-3-2-8-24-10-14)27-28(20(15)21(17)31-22)18-9-13(11-29)4-6-16(18)23/h2-4,6,8-11H,5,7H2,1H3,(H,25,26,30). The molecule has 0 fully saturated rings. The highest BCUT2D eigenvalue weighted by Gasteiger charge is 2.30. The van der Waals surface area contributed by atoms with Crippen LogP contribution in [0.3, 0.4) is 0 Å². The highest BCUT2D eigenvalue weighted by atomic mass is 32.1. The van der Waals surface area contributed by atoms with Gasteiger partial charge in [0.15, 0.2) is 5.13 Å². The minimum Gasteiger partial charge on any atom is -0.302 e. The minimum absolute atomic E-state index is 0.179. The number of benzene rings is 1. The second kappa shape index (κ2) is 7.51. The van der Waals surface area contributed by atoms with E-state index in [1.165, 1.54) is 41.1 Å². The Hall–Kier alpha value is -3.72. The van der Waals surface area contributed by atoms with Crippen molar-refractivity contribution in [1.82, 2.24) is 19.7 Å². The molecule has 1 N–H and O–H groups in total. The molecular formula is C22H16FN5O2S. The van der Waals surface area contributed by atoms with E-state index >= 15 is 0 Å². The van der Waals surface area contributed by atoms with Crippen LogP contribution in [0.2, 0.25) is 0 Å². The predicted octanol–water partition coefficient (Wildman–Crippen LogP) is 4.07. The van der Waals surface area contributed by atoms with Gasteiger partial charge in [-0.2, -0.15) is 5.10 Å². The fourth-order valence-corrected chi connectivity index (χ4v) is 4.86. The Morgan fingerprint density at radius 2 is 2.16 bits per heavy atom. The maximum absolute atomic E-state index is 14.9. The summed E-state index contributed by atoms with van der Waals surface area (Å²) in [4.78, 5) is 32.4. The molecule has 1 aliphatic rings. The number of hydrogen-bond donors (Lipinski definition) is 1. The van der Waals surface area contributed by atoms with Gasteiger partial charge in [-0.1, -0.05) is 11.3 Å². The monoisotopic (exact) mass is 433 g/mol. The van der Waals surface area contributed by atoms with Crippen LogP contribution in [0.1, 0.15) is 28.5 Å². The largest absolute Gasteiger partial charge is 0.302 e. The lowest BCUT2D eigenvalue weighted by Gasteiger charge is -2.14. The van der Waals surface area contributed by atoms with Crippen molar-refractivity contribution in [3.05, 3.63) is 65.4 Å². The average Bonchev–Trinajstić information content (AvgIpc) is 3.35. The lowest BCUT2D eigenvalue weighted by Crippen LogP contribution is -2.08. The summed E-state index contributed by atoms with van der Waals surface area (Å²) in [5.74, 6) is -0.701. The van der Waals surface area contributed by atoms with Crippen molar-refractivity contribution in [2.75, 3.05) is 5.32 Å². The first-order valence-electron chi connectivity index (χ1n) is 9.60. The summed E-state index contributed by atoms with van der Waals surface area (Å²) >= 11 is 1.33. The van der Waals surface area contributed by atoms with Crippen LogP contribution in [0.15, 0.2) is 42.7 Å². The van der Waals surface area contributed by atoms with Gasteiger partial charge in [0.2, 0.25) is 5.91 Å². The van der Waals surface area contributed by atoms with E-state index in [1.807, 2.05) is 12.1 Å². The van der Waals surface area contributed by atoms with Crippen molar-refractivity contribution in [1.29, 1.82) is 0 Å². The van der Waals surface area contributed by atoms with E-state index in [9.17, 15) is 14.0 Å². The molecule has 0 radical (unpaired) electrons. The molecule has 5 rings (SSSR count). The van der Waals surface area contributed by atoms with Gasteiger partial charge >= 0.3 is 0 Å². The SMILES string of the molecule is CC(=O)Nc1nc2c(s1)-c1c(c(-c3cccnc3)nn1-c1cc(C=O)ccc1F)CC2. The van der Waals surface area contributed by atoms with Crippen molar-refractivity contribution in [3.8, 4) is 27.5 Å². The normalized spacial score (nSPS) is 12.2. The third kappa shape index (κ3) is 3.32. The number of carbonyl (C=O) groups is 2. The molecule has 31 heavy (non-hydrogen) atoms. The maximum Gasteiger partial charge on any atom is 0.223 e. The number of thiazole rings is 1. The number of fused-ring (bicyclic) bond motifs is 3. The second-order valence-electron chi connectivity index (χ2n) is 7.13. The molecule has 0 atom stereocenters. The molecular weight excluding hydrogens is 417 g/mol. The average molecular weight is 433 g/mol. The fraction of sp³-hybridized carbons (Fsp3) is 0.136. The van der Waals surface area contributed by atoms with Crippen LogP contribution in [0, 0.1) is 5.82 Å². The van der Waals surface area contributed by atoms with Crippen LogP contribution in [0.25, 0.3) is 27.5 Å². The molecule has 3 heterocycles. The van der Waals surface area contributed by atoms with Crippen LogP contribution in [-0.2, 0) is 17.6 Å². The Balaban J connectivity index is 1.78.